The van der Waals surface area contributed by atoms with Gasteiger partial charge in [0.05, 0.1) is 18.6 Å². The standard InChI is InChI=1S/C11H18F3IO/c1-9-3-2-4-10(7-9,8-15)16-6-5-11(12,13)14/h9H,2-8H2,1H3. The van der Waals surface area contributed by atoms with Crippen molar-refractivity contribution in [3.63, 3.8) is 0 Å². The van der Waals surface area contributed by atoms with Crippen LogP contribution in [0.3, 0.4) is 0 Å². The largest absolute Gasteiger partial charge is 0.391 e. The molecule has 0 bridgehead atoms. The predicted octanol–water partition coefficient (Wildman–Crippen LogP) is 4.34. The van der Waals surface area contributed by atoms with Crippen LogP contribution >= 0.6 is 22.6 Å². The summed E-state index contributed by atoms with van der Waals surface area (Å²) in [5, 5.41) is 0. The molecule has 0 radical (unpaired) electrons. The number of alkyl halides is 4. The molecule has 5 heteroatoms. The Hall–Kier alpha value is 0.480. The Morgan fingerprint density at radius 1 is 1.44 bits per heavy atom. The average Bonchev–Trinajstić information content (AvgIpc) is 2.16. The van der Waals surface area contributed by atoms with Crippen molar-refractivity contribution in [3.8, 4) is 0 Å². The lowest BCUT2D eigenvalue weighted by Gasteiger charge is -2.38. The van der Waals surface area contributed by atoms with Gasteiger partial charge in [-0.2, -0.15) is 13.2 Å². The summed E-state index contributed by atoms with van der Waals surface area (Å²) in [4.78, 5) is 0. The fourth-order valence-corrected chi connectivity index (χ4v) is 3.20. The zero-order valence-electron chi connectivity index (χ0n) is 9.45. The van der Waals surface area contributed by atoms with Crippen molar-refractivity contribution in [2.75, 3.05) is 11.0 Å². The summed E-state index contributed by atoms with van der Waals surface area (Å²) in [6.07, 6.45) is -0.907. The minimum atomic E-state index is -4.10. The highest BCUT2D eigenvalue weighted by Gasteiger charge is 2.36. The first kappa shape index (κ1) is 14.5. The Morgan fingerprint density at radius 3 is 2.62 bits per heavy atom. The molecule has 0 aliphatic heterocycles. The Kier molecular flexibility index (Phi) is 5.35. The van der Waals surface area contributed by atoms with Gasteiger partial charge in [-0.1, -0.05) is 42.4 Å². The van der Waals surface area contributed by atoms with Gasteiger partial charge in [0, 0.05) is 4.43 Å². The van der Waals surface area contributed by atoms with Crippen molar-refractivity contribution in [1.29, 1.82) is 0 Å². The molecule has 1 fully saturated rings. The number of ether oxygens (including phenoxy) is 1. The van der Waals surface area contributed by atoms with Gasteiger partial charge in [0.1, 0.15) is 0 Å². The monoisotopic (exact) mass is 350 g/mol. The van der Waals surface area contributed by atoms with E-state index in [1.165, 1.54) is 6.42 Å². The molecular weight excluding hydrogens is 332 g/mol. The third-order valence-corrected chi connectivity index (χ3v) is 4.48. The van der Waals surface area contributed by atoms with E-state index in [0.717, 1.165) is 23.7 Å². The zero-order chi connectivity index (χ0) is 12.2. The van der Waals surface area contributed by atoms with Crippen molar-refractivity contribution in [3.05, 3.63) is 0 Å². The molecule has 96 valence electrons. The smallest absolute Gasteiger partial charge is 0.374 e. The number of rotatable bonds is 4. The summed E-state index contributed by atoms with van der Waals surface area (Å²) in [5.74, 6) is 0.564. The van der Waals surface area contributed by atoms with Crippen LogP contribution in [0, 0.1) is 5.92 Å². The fraction of sp³-hybridized carbons (Fsp3) is 1.00. The first-order valence-electron chi connectivity index (χ1n) is 5.64. The minimum Gasteiger partial charge on any atom is -0.374 e. The lowest BCUT2D eigenvalue weighted by Crippen LogP contribution is -2.40. The van der Waals surface area contributed by atoms with Crippen molar-refractivity contribution in [2.45, 2.75) is 50.8 Å². The first-order valence-corrected chi connectivity index (χ1v) is 7.16. The lowest BCUT2D eigenvalue weighted by molar-refractivity contribution is -0.160. The Morgan fingerprint density at radius 2 is 2.12 bits per heavy atom. The molecule has 0 heterocycles. The van der Waals surface area contributed by atoms with Crippen LogP contribution in [0.2, 0.25) is 0 Å². The highest BCUT2D eigenvalue weighted by Crippen LogP contribution is 2.37. The summed E-state index contributed by atoms with van der Waals surface area (Å²) >= 11 is 2.22. The van der Waals surface area contributed by atoms with Gasteiger partial charge in [-0.15, -0.1) is 0 Å². The highest BCUT2D eigenvalue weighted by molar-refractivity contribution is 14.1. The van der Waals surface area contributed by atoms with Crippen LogP contribution in [0.15, 0.2) is 0 Å². The van der Waals surface area contributed by atoms with E-state index in [0.29, 0.717) is 5.92 Å². The highest BCUT2D eigenvalue weighted by atomic mass is 127. The maximum absolute atomic E-state index is 12.0. The SMILES string of the molecule is CC1CCCC(CI)(OCCC(F)(F)F)C1. The molecule has 1 aliphatic carbocycles. The first-order chi connectivity index (χ1) is 7.37. The summed E-state index contributed by atoms with van der Waals surface area (Å²) < 4.78 is 42.4. The Balaban J connectivity index is 2.41. The maximum atomic E-state index is 12.0. The molecule has 1 nitrogen and oxygen atoms in total. The fourth-order valence-electron chi connectivity index (χ4n) is 2.29. The van der Waals surface area contributed by atoms with Crippen LogP contribution in [0.4, 0.5) is 13.2 Å². The number of hydrogen-bond acceptors (Lipinski definition) is 1. The molecule has 0 aromatic carbocycles. The molecular formula is C11H18F3IO. The molecule has 1 aliphatic rings. The van der Waals surface area contributed by atoms with Gasteiger partial charge in [0.25, 0.3) is 0 Å². The van der Waals surface area contributed by atoms with Crippen molar-refractivity contribution in [2.24, 2.45) is 5.92 Å². The lowest BCUT2D eigenvalue weighted by atomic mass is 9.80. The molecule has 16 heavy (non-hydrogen) atoms. The summed E-state index contributed by atoms with van der Waals surface area (Å²) in [7, 11) is 0. The van der Waals surface area contributed by atoms with E-state index < -0.39 is 12.6 Å². The second-order valence-electron chi connectivity index (χ2n) is 4.73. The van der Waals surface area contributed by atoms with Crippen molar-refractivity contribution in [1.82, 2.24) is 0 Å². The van der Waals surface area contributed by atoms with Gasteiger partial charge < -0.3 is 4.74 Å². The third kappa shape index (κ3) is 4.77. The number of halogens is 4. The van der Waals surface area contributed by atoms with Crippen LogP contribution in [0.25, 0.3) is 0 Å². The normalized spacial score (nSPS) is 31.7. The molecule has 2 unspecified atom stereocenters. The van der Waals surface area contributed by atoms with Gasteiger partial charge in [-0.3, -0.25) is 0 Å². The van der Waals surface area contributed by atoms with Crippen LogP contribution in [0.5, 0.6) is 0 Å². The van der Waals surface area contributed by atoms with Crippen molar-refractivity contribution < 1.29 is 17.9 Å². The van der Waals surface area contributed by atoms with Gasteiger partial charge >= 0.3 is 6.18 Å². The topological polar surface area (TPSA) is 9.23 Å². The molecule has 1 saturated carbocycles. The predicted molar refractivity (Wildman–Crippen MR) is 65.9 cm³/mol. The maximum Gasteiger partial charge on any atom is 0.391 e. The van der Waals surface area contributed by atoms with Crippen LogP contribution in [-0.2, 0) is 4.74 Å². The molecule has 1 rings (SSSR count). The number of hydrogen-bond donors (Lipinski definition) is 0. The molecule has 0 saturated heterocycles. The van der Waals surface area contributed by atoms with Gasteiger partial charge in [-0.25, -0.2) is 0 Å². The van der Waals surface area contributed by atoms with Gasteiger partial charge in [-0.05, 0) is 18.8 Å². The van der Waals surface area contributed by atoms with E-state index in [-0.39, 0.29) is 12.2 Å². The second kappa shape index (κ2) is 5.89. The average molecular weight is 350 g/mol. The quantitative estimate of drug-likeness (QED) is 0.541. The summed E-state index contributed by atoms with van der Waals surface area (Å²) in [5.41, 5.74) is -0.302. The molecule has 0 aromatic heterocycles. The molecule has 0 aromatic rings. The van der Waals surface area contributed by atoms with Gasteiger partial charge in [0.2, 0.25) is 0 Å². The van der Waals surface area contributed by atoms with E-state index in [2.05, 4.69) is 29.5 Å². The molecule has 2 atom stereocenters. The molecule has 0 N–H and O–H groups in total. The van der Waals surface area contributed by atoms with E-state index in [9.17, 15) is 13.2 Å². The Bertz CT molecular complexity index is 220. The minimum absolute atomic E-state index is 0.195. The molecule has 0 spiro atoms. The van der Waals surface area contributed by atoms with E-state index >= 15 is 0 Å². The van der Waals surface area contributed by atoms with E-state index in [4.69, 9.17) is 4.74 Å². The molecule has 0 amide bonds. The zero-order valence-corrected chi connectivity index (χ0v) is 11.6. The van der Waals surface area contributed by atoms with Gasteiger partial charge in [0.15, 0.2) is 0 Å². The van der Waals surface area contributed by atoms with Crippen LogP contribution in [0.1, 0.15) is 39.0 Å². The third-order valence-electron chi connectivity index (χ3n) is 3.09. The van der Waals surface area contributed by atoms with E-state index in [1.54, 1.807) is 0 Å². The summed E-state index contributed by atoms with van der Waals surface area (Å²) in [6.45, 7) is 1.95. The summed E-state index contributed by atoms with van der Waals surface area (Å²) in [6, 6.07) is 0. The Labute approximate surface area is 108 Å². The van der Waals surface area contributed by atoms with Crippen LogP contribution < -0.4 is 0 Å². The van der Waals surface area contributed by atoms with Crippen molar-refractivity contribution >= 4 is 22.6 Å². The van der Waals surface area contributed by atoms with E-state index in [1.807, 2.05) is 0 Å². The second-order valence-corrected chi connectivity index (χ2v) is 5.49. The van der Waals surface area contributed by atoms with Crippen LogP contribution in [-0.4, -0.2) is 22.8 Å².